The van der Waals surface area contributed by atoms with E-state index in [1.54, 1.807) is 7.11 Å². The van der Waals surface area contributed by atoms with Crippen LogP contribution in [0.4, 0.5) is 5.69 Å². The molecule has 2 nitrogen and oxygen atoms in total. The van der Waals surface area contributed by atoms with Crippen LogP contribution < -0.4 is 10.1 Å². The van der Waals surface area contributed by atoms with E-state index in [0.29, 0.717) is 16.6 Å². The highest BCUT2D eigenvalue weighted by atomic mass is 79.9. The van der Waals surface area contributed by atoms with E-state index < -0.39 is 0 Å². The second kappa shape index (κ2) is 6.51. The first-order valence-corrected chi connectivity index (χ1v) is 7.17. The Morgan fingerprint density at radius 3 is 2.47 bits per heavy atom. The Kier molecular flexibility index (Phi) is 4.97. The molecule has 0 aliphatic rings. The number of ether oxygens (including phenoxy) is 1. The fourth-order valence-corrected chi connectivity index (χ4v) is 2.57. The molecule has 0 bridgehead atoms. The van der Waals surface area contributed by atoms with E-state index >= 15 is 0 Å². The molecule has 0 fully saturated rings. The lowest BCUT2D eigenvalue weighted by Gasteiger charge is -2.12. The normalized spacial score (nSPS) is 10.3. The Bertz CT molecular complexity index is 569. The molecule has 2 aromatic carbocycles. The van der Waals surface area contributed by atoms with Crippen molar-refractivity contribution in [2.24, 2.45) is 0 Å². The molecule has 1 N–H and O–H groups in total. The topological polar surface area (TPSA) is 21.3 Å². The summed E-state index contributed by atoms with van der Waals surface area (Å²) in [6.07, 6.45) is 0. The van der Waals surface area contributed by atoms with Crippen LogP contribution >= 0.6 is 39.1 Å². The summed E-state index contributed by atoms with van der Waals surface area (Å²) in [5.41, 5.74) is 1.80. The molecule has 100 valence electrons. The van der Waals surface area contributed by atoms with Crippen LogP contribution in [-0.4, -0.2) is 7.11 Å². The van der Waals surface area contributed by atoms with E-state index in [1.807, 2.05) is 36.4 Å². The fourth-order valence-electron chi connectivity index (χ4n) is 1.65. The maximum Gasteiger partial charge on any atom is 0.121 e. The number of methoxy groups -OCH3 is 1. The highest BCUT2D eigenvalue weighted by Crippen LogP contribution is 2.30. The molecule has 19 heavy (non-hydrogen) atoms. The number of nitrogens with one attached hydrogen (secondary N) is 1. The van der Waals surface area contributed by atoms with Crippen molar-refractivity contribution in [3.63, 3.8) is 0 Å². The zero-order valence-corrected chi connectivity index (χ0v) is 13.3. The summed E-state index contributed by atoms with van der Waals surface area (Å²) >= 11 is 15.8. The van der Waals surface area contributed by atoms with E-state index in [2.05, 4.69) is 21.2 Å². The van der Waals surface area contributed by atoms with E-state index in [-0.39, 0.29) is 0 Å². The maximum atomic E-state index is 6.13. The predicted octanol–water partition coefficient (Wildman–Crippen LogP) is 5.38. The third-order valence-electron chi connectivity index (χ3n) is 2.69. The minimum Gasteiger partial charge on any atom is -0.497 e. The smallest absolute Gasteiger partial charge is 0.121 e. The lowest BCUT2D eigenvalue weighted by atomic mass is 10.2. The standard InChI is InChI=1S/C14H12BrCl2NO/c1-19-9-5-6-11(15)14(7-9)18-8-10-12(16)3-2-4-13(10)17/h2-7,18H,8H2,1H3. The van der Waals surface area contributed by atoms with E-state index in [4.69, 9.17) is 27.9 Å². The molecule has 2 aromatic rings. The number of hydrogen-bond acceptors (Lipinski definition) is 2. The van der Waals surface area contributed by atoms with Crippen LogP contribution in [0.25, 0.3) is 0 Å². The lowest BCUT2D eigenvalue weighted by molar-refractivity contribution is 0.415. The summed E-state index contributed by atoms with van der Waals surface area (Å²) in [6.45, 7) is 0.546. The first kappa shape index (κ1) is 14.5. The van der Waals surface area contributed by atoms with Gasteiger partial charge in [0, 0.05) is 32.7 Å². The van der Waals surface area contributed by atoms with Gasteiger partial charge in [0.05, 0.1) is 12.8 Å². The van der Waals surface area contributed by atoms with Gasteiger partial charge in [0.1, 0.15) is 5.75 Å². The molecule has 0 unspecified atom stereocenters. The molecule has 0 saturated heterocycles. The summed E-state index contributed by atoms with van der Waals surface area (Å²) in [4.78, 5) is 0. The van der Waals surface area contributed by atoms with Crippen molar-refractivity contribution in [2.75, 3.05) is 12.4 Å². The maximum absolute atomic E-state index is 6.13. The highest BCUT2D eigenvalue weighted by Gasteiger charge is 2.07. The molecule has 0 heterocycles. The summed E-state index contributed by atoms with van der Waals surface area (Å²) in [6, 6.07) is 11.2. The molecule has 0 amide bonds. The van der Waals surface area contributed by atoms with Crippen molar-refractivity contribution >= 4 is 44.8 Å². The van der Waals surface area contributed by atoms with Crippen molar-refractivity contribution in [1.29, 1.82) is 0 Å². The minimum absolute atomic E-state index is 0.546. The molecule has 0 radical (unpaired) electrons. The Balaban J connectivity index is 2.19. The van der Waals surface area contributed by atoms with Crippen molar-refractivity contribution in [2.45, 2.75) is 6.54 Å². The first-order valence-electron chi connectivity index (χ1n) is 5.62. The van der Waals surface area contributed by atoms with Gasteiger partial charge in [-0.15, -0.1) is 0 Å². The molecule has 0 saturated carbocycles. The van der Waals surface area contributed by atoms with Crippen molar-refractivity contribution < 1.29 is 4.74 Å². The Morgan fingerprint density at radius 2 is 1.84 bits per heavy atom. The average Bonchev–Trinajstić information content (AvgIpc) is 2.40. The fraction of sp³-hybridized carbons (Fsp3) is 0.143. The molecule has 0 aliphatic heterocycles. The number of hydrogen-bond donors (Lipinski definition) is 1. The van der Waals surface area contributed by atoms with Gasteiger partial charge in [-0.25, -0.2) is 0 Å². The molecular formula is C14H12BrCl2NO. The predicted molar refractivity (Wildman–Crippen MR) is 84.5 cm³/mol. The van der Waals surface area contributed by atoms with Crippen LogP contribution in [0.15, 0.2) is 40.9 Å². The molecule has 0 atom stereocenters. The van der Waals surface area contributed by atoms with E-state index in [0.717, 1.165) is 21.5 Å². The second-order valence-electron chi connectivity index (χ2n) is 3.90. The van der Waals surface area contributed by atoms with Gasteiger partial charge < -0.3 is 10.1 Å². The largest absolute Gasteiger partial charge is 0.497 e. The summed E-state index contributed by atoms with van der Waals surface area (Å²) in [5, 5.41) is 4.59. The third-order valence-corrected chi connectivity index (χ3v) is 4.09. The monoisotopic (exact) mass is 359 g/mol. The zero-order valence-electron chi connectivity index (χ0n) is 10.2. The lowest BCUT2D eigenvalue weighted by Crippen LogP contribution is -2.02. The minimum atomic E-state index is 0.546. The molecular weight excluding hydrogens is 349 g/mol. The highest BCUT2D eigenvalue weighted by molar-refractivity contribution is 9.10. The van der Waals surface area contributed by atoms with Crippen LogP contribution in [-0.2, 0) is 6.54 Å². The van der Waals surface area contributed by atoms with Crippen LogP contribution in [0.3, 0.4) is 0 Å². The van der Waals surface area contributed by atoms with Gasteiger partial charge in [-0.3, -0.25) is 0 Å². The summed E-state index contributed by atoms with van der Waals surface area (Å²) < 4.78 is 6.15. The summed E-state index contributed by atoms with van der Waals surface area (Å²) in [5.74, 6) is 0.788. The van der Waals surface area contributed by atoms with Gasteiger partial charge in [-0.05, 0) is 40.2 Å². The molecule has 0 spiro atoms. The number of benzene rings is 2. The van der Waals surface area contributed by atoms with Gasteiger partial charge in [0.2, 0.25) is 0 Å². The van der Waals surface area contributed by atoms with Gasteiger partial charge in [0.25, 0.3) is 0 Å². The van der Waals surface area contributed by atoms with Crippen LogP contribution in [0, 0.1) is 0 Å². The quantitative estimate of drug-likeness (QED) is 0.790. The molecule has 2 rings (SSSR count). The second-order valence-corrected chi connectivity index (χ2v) is 5.57. The Labute approximate surface area is 130 Å². The van der Waals surface area contributed by atoms with Crippen LogP contribution in [0.2, 0.25) is 10.0 Å². The van der Waals surface area contributed by atoms with Gasteiger partial charge in [-0.1, -0.05) is 29.3 Å². The van der Waals surface area contributed by atoms with Crippen molar-refractivity contribution in [1.82, 2.24) is 0 Å². The molecule has 5 heteroatoms. The van der Waals surface area contributed by atoms with E-state index in [1.165, 1.54) is 0 Å². The van der Waals surface area contributed by atoms with Gasteiger partial charge >= 0.3 is 0 Å². The Hall–Kier alpha value is -0.900. The molecule has 0 aliphatic carbocycles. The summed E-state index contributed by atoms with van der Waals surface area (Å²) in [7, 11) is 1.64. The third kappa shape index (κ3) is 3.56. The zero-order chi connectivity index (χ0) is 13.8. The number of rotatable bonds is 4. The first-order chi connectivity index (χ1) is 9.11. The SMILES string of the molecule is COc1ccc(Br)c(NCc2c(Cl)cccc2Cl)c1. The van der Waals surface area contributed by atoms with Gasteiger partial charge in [0.15, 0.2) is 0 Å². The van der Waals surface area contributed by atoms with Crippen molar-refractivity contribution in [3.8, 4) is 5.75 Å². The van der Waals surface area contributed by atoms with Crippen molar-refractivity contribution in [3.05, 3.63) is 56.5 Å². The van der Waals surface area contributed by atoms with E-state index in [9.17, 15) is 0 Å². The number of anilines is 1. The van der Waals surface area contributed by atoms with Gasteiger partial charge in [-0.2, -0.15) is 0 Å². The average molecular weight is 361 g/mol. The van der Waals surface area contributed by atoms with Crippen LogP contribution in [0.5, 0.6) is 5.75 Å². The Morgan fingerprint density at radius 1 is 1.16 bits per heavy atom. The van der Waals surface area contributed by atoms with Crippen LogP contribution in [0.1, 0.15) is 5.56 Å². The number of halogens is 3. The molecule has 0 aromatic heterocycles.